The number of carbonyl (C=O) groups is 1. The third kappa shape index (κ3) is 4.34. The monoisotopic (exact) mass is 447 g/mol. The zero-order valence-electron chi connectivity index (χ0n) is 17.5. The molecule has 4 rings (SSSR count). The van der Waals surface area contributed by atoms with Gasteiger partial charge in [0.25, 0.3) is 18.9 Å². The van der Waals surface area contributed by atoms with Crippen molar-refractivity contribution in [2.45, 2.75) is 57.5 Å². The fraction of sp³-hybridized carbons (Fsp3) is 0.476. The van der Waals surface area contributed by atoms with Crippen LogP contribution in [0.3, 0.4) is 0 Å². The molecule has 1 N–H and O–H groups in total. The Kier molecular flexibility index (Phi) is 6.08. The Hall–Kier alpha value is -2.75. The SMILES string of the molecule is CCc1nn(C)cc1C(=O)[N+](=S)C1CCC(Nc2cccc3nc(C(F)F)cn23)CC1. The molecule has 7 nitrogen and oxygen atoms in total. The first-order valence-corrected chi connectivity index (χ1v) is 10.8. The lowest BCUT2D eigenvalue weighted by atomic mass is 9.91. The molecule has 0 bridgehead atoms. The van der Waals surface area contributed by atoms with Crippen LogP contribution < -0.4 is 5.32 Å². The third-order valence-electron chi connectivity index (χ3n) is 5.79. The van der Waals surface area contributed by atoms with Crippen LogP contribution in [0.25, 0.3) is 5.65 Å². The second-order valence-corrected chi connectivity index (χ2v) is 8.30. The van der Waals surface area contributed by atoms with Crippen LogP contribution in [0.5, 0.6) is 0 Å². The molecule has 0 atom stereocenters. The maximum Gasteiger partial charge on any atom is 0.436 e. The first kappa shape index (κ1) is 21.5. The van der Waals surface area contributed by atoms with Crippen molar-refractivity contribution in [2.24, 2.45) is 7.05 Å². The van der Waals surface area contributed by atoms with Crippen molar-refractivity contribution in [1.29, 1.82) is 0 Å². The van der Waals surface area contributed by atoms with Gasteiger partial charge in [0.15, 0.2) is 6.04 Å². The summed E-state index contributed by atoms with van der Waals surface area (Å²) in [6.07, 6.45) is 4.37. The number of pyridine rings is 1. The summed E-state index contributed by atoms with van der Waals surface area (Å²) >= 11 is 5.48. The van der Waals surface area contributed by atoms with Crippen LogP contribution in [0.1, 0.15) is 60.8 Å². The number of hydrogen-bond acceptors (Lipinski definition) is 5. The number of imidazole rings is 1. The van der Waals surface area contributed by atoms with Gasteiger partial charge in [-0.3, -0.25) is 9.08 Å². The number of anilines is 1. The van der Waals surface area contributed by atoms with Gasteiger partial charge in [-0.2, -0.15) is 5.10 Å². The van der Waals surface area contributed by atoms with Gasteiger partial charge < -0.3 is 5.32 Å². The molecule has 0 unspecified atom stereocenters. The lowest BCUT2D eigenvalue weighted by Crippen LogP contribution is -2.37. The van der Waals surface area contributed by atoms with Crippen LogP contribution >= 0.6 is 0 Å². The number of rotatable bonds is 6. The lowest BCUT2D eigenvalue weighted by molar-refractivity contribution is -0.448. The molecule has 1 aliphatic carbocycles. The fourth-order valence-electron chi connectivity index (χ4n) is 4.17. The van der Waals surface area contributed by atoms with E-state index in [2.05, 4.69) is 15.4 Å². The van der Waals surface area contributed by atoms with Gasteiger partial charge in [-0.1, -0.05) is 16.9 Å². The second kappa shape index (κ2) is 8.78. The van der Waals surface area contributed by atoms with Gasteiger partial charge in [0.05, 0.1) is 5.69 Å². The minimum Gasteiger partial charge on any atom is -0.368 e. The Morgan fingerprint density at radius 3 is 2.71 bits per heavy atom. The van der Waals surface area contributed by atoms with Crippen molar-refractivity contribution in [3.05, 3.63) is 47.5 Å². The lowest BCUT2D eigenvalue weighted by Gasteiger charge is -2.26. The van der Waals surface area contributed by atoms with E-state index in [1.165, 1.54) is 10.1 Å². The molecule has 1 saturated carbocycles. The van der Waals surface area contributed by atoms with E-state index in [0.717, 1.165) is 37.2 Å². The van der Waals surface area contributed by atoms with Crippen molar-refractivity contribution >= 4 is 29.8 Å². The standard InChI is InChI=1S/C21H25F2N6OS/c1-3-16-15(11-27(2)26-16)21(30)29(31)14-9-7-13(8-10-14)24-18-5-4-6-19-25-17(20(22)23)12-28(18)19/h4-6,11-14,20,24H,3,7-10H2,1-2H3/q+1. The maximum absolute atomic E-state index is 13.0. The highest BCUT2D eigenvalue weighted by Gasteiger charge is 2.36. The third-order valence-corrected chi connectivity index (χ3v) is 6.25. The number of halogens is 2. The summed E-state index contributed by atoms with van der Waals surface area (Å²) in [5.41, 5.74) is 1.58. The molecule has 3 aromatic rings. The summed E-state index contributed by atoms with van der Waals surface area (Å²) in [4.78, 5) is 16.9. The van der Waals surface area contributed by atoms with Crippen LogP contribution in [0, 0.1) is 0 Å². The van der Waals surface area contributed by atoms with Crippen molar-refractivity contribution in [3.63, 3.8) is 0 Å². The first-order valence-electron chi connectivity index (χ1n) is 10.4. The summed E-state index contributed by atoms with van der Waals surface area (Å²) in [6.45, 7) is 1.97. The van der Waals surface area contributed by atoms with Gasteiger partial charge >= 0.3 is 5.91 Å². The molecular formula is C21H25F2N6OS+. The zero-order chi connectivity index (χ0) is 22.1. The number of hydrogen-bond donors (Lipinski definition) is 1. The van der Waals surface area contributed by atoms with Crippen LogP contribution in [0.15, 0.2) is 30.6 Å². The normalized spacial score (nSPS) is 19.1. The predicted octanol–water partition coefficient (Wildman–Crippen LogP) is 3.87. The Morgan fingerprint density at radius 2 is 2.03 bits per heavy atom. The molecular weight excluding hydrogens is 422 g/mol. The Balaban J connectivity index is 1.40. The van der Waals surface area contributed by atoms with E-state index < -0.39 is 6.43 Å². The highest BCUT2D eigenvalue weighted by molar-refractivity contribution is 7.44. The number of amides is 1. The Morgan fingerprint density at radius 1 is 1.29 bits per heavy atom. The van der Waals surface area contributed by atoms with E-state index in [4.69, 9.17) is 12.4 Å². The number of fused-ring (bicyclic) bond motifs is 1. The number of nitrogens with one attached hydrogen (secondary N) is 1. The van der Waals surface area contributed by atoms with E-state index in [-0.39, 0.29) is 23.7 Å². The van der Waals surface area contributed by atoms with E-state index >= 15 is 0 Å². The first-order chi connectivity index (χ1) is 14.9. The molecule has 1 fully saturated rings. The topological polar surface area (TPSA) is 67.2 Å². The largest absolute Gasteiger partial charge is 0.436 e. The maximum atomic E-state index is 13.0. The van der Waals surface area contributed by atoms with Gasteiger partial charge in [0, 0.05) is 38.3 Å². The number of alkyl halides is 2. The molecule has 0 spiro atoms. The summed E-state index contributed by atoms with van der Waals surface area (Å²) < 4.78 is 30.7. The quantitative estimate of drug-likeness (QED) is 0.581. The summed E-state index contributed by atoms with van der Waals surface area (Å²) in [5.74, 6) is 0.564. The minimum absolute atomic E-state index is 0.0139. The zero-order valence-corrected chi connectivity index (χ0v) is 18.3. The number of aromatic nitrogens is 4. The van der Waals surface area contributed by atoms with Crippen LogP contribution in [0.4, 0.5) is 14.6 Å². The van der Waals surface area contributed by atoms with Gasteiger partial charge in [-0.25, -0.2) is 18.6 Å². The fourth-order valence-corrected chi connectivity index (χ4v) is 4.48. The van der Waals surface area contributed by atoms with E-state index in [9.17, 15) is 13.6 Å². The molecule has 164 valence electrons. The highest BCUT2D eigenvalue weighted by Crippen LogP contribution is 2.27. The van der Waals surface area contributed by atoms with Crippen LogP contribution in [-0.2, 0) is 25.9 Å². The number of nitrogens with zero attached hydrogens (tertiary/aromatic N) is 5. The van der Waals surface area contributed by atoms with Crippen molar-refractivity contribution in [2.75, 3.05) is 5.32 Å². The van der Waals surface area contributed by atoms with Gasteiger partial charge in [-0.15, -0.1) is 0 Å². The van der Waals surface area contributed by atoms with Gasteiger partial charge in [0.1, 0.15) is 22.7 Å². The summed E-state index contributed by atoms with van der Waals surface area (Å²) in [7, 11) is 1.80. The Labute approximate surface area is 184 Å². The predicted molar refractivity (Wildman–Crippen MR) is 114 cm³/mol. The van der Waals surface area contributed by atoms with E-state index in [1.54, 1.807) is 34.5 Å². The average Bonchev–Trinajstić information content (AvgIpc) is 3.37. The van der Waals surface area contributed by atoms with Crippen molar-refractivity contribution in [1.82, 2.24) is 19.2 Å². The molecule has 31 heavy (non-hydrogen) atoms. The molecule has 3 heterocycles. The molecule has 0 radical (unpaired) electrons. The summed E-state index contributed by atoms with van der Waals surface area (Å²) in [6, 6.07) is 5.52. The van der Waals surface area contributed by atoms with Crippen LogP contribution in [-0.4, -0.2) is 41.1 Å². The van der Waals surface area contributed by atoms with E-state index in [1.807, 2.05) is 13.0 Å². The van der Waals surface area contributed by atoms with E-state index in [0.29, 0.717) is 17.6 Å². The second-order valence-electron chi connectivity index (χ2n) is 7.90. The molecule has 1 aliphatic rings. The average molecular weight is 448 g/mol. The molecule has 3 aromatic heterocycles. The Bertz CT molecular complexity index is 1120. The van der Waals surface area contributed by atoms with Crippen molar-refractivity contribution in [3.8, 4) is 0 Å². The molecule has 10 heteroatoms. The molecule has 1 amide bonds. The van der Waals surface area contributed by atoms with Gasteiger partial charge in [0.2, 0.25) is 0 Å². The molecule has 0 saturated heterocycles. The summed E-state index contributed by atoms with van der Waals surface area (Å²) in [5, 5.41) is 7.78. The van der Waals surface area contributed by atoms with Crippen LogP contribution in [0.2, 0.25) is 0 Å². The smallest absolute Gasteiger partial charge is 0.368 e. The minimum atomic E-state index is -2.60. The molecule has 0 aromatic carbocycles. The van der Waals surface area contributed by atoms with Gasteiger partial charge in [-0.05, 0) is 31.4 Å². The number of carbonyl (C=O) groups excluding carboxylic acids is 1. The number of aryl methyl sites for hydroxylation is 2. The van der Waals surface area contributed by atoms with Crippen molar-refractivity contribution < 1.29 is 17.5 Å². The highest BCUT2D eigenvalue weighted by atomic mass is 32.1. The molecule has 0 aliphatic heterocycles.